The fraction of sp³-hybridized carbons (Fsp3) is 0.214. The van der Waals surface area contributed by atoms with E-state index in [1.54, 1.807) is 0 Å². The summed E-state index contributed by atoms with van der Waals surface area (Å²) in [6.07, 6.45) is 0. The predicted molar refractivity (Wildman–Crippen MR) is 78.6 cm³/mol. The van der Waals surface area contributed by atoms with Crippen LogP contribution in [0.3, 0.4) is 0 Å². The predicted octanol–water partition coefficient (Wildman–Crippen LogP) is 3.32. The van der Waals surface area contributed by atoms with Crippen molar-refractivity contribution >= 4 is 23.9 Å². The van der Waals surface area contributed by atoms with E-state index < -0.39 is 0 Å². The minimum atomic E-state index is 0. The van der Waals surface area contributed by atoms with Crippen LogP contribution in [-0.2, 0) is 6.54 Å². The summed E-state index contributed by atoms with van der Waals surface area (Å²) in [6, 6.07) is 12.2. The summed E-state index contributed by atoms with van der Waals surface area (Å²) in [6.45, 7) is 4.58. The van der Waals surface area contributed by atoms with Gasteiger partial charge in [0.1, 0.15) is 5.82 Å². The molecular weight excluding hydrogens is 246 g/mol. The van der Waals surface area contributed by atoms with E-state index in [1.165, 1.54) is 0 Å². The lowest BCUT2D eigenvalue weighted by atomic mass is 10.2. The van der Waals surface area contributed by atoms with Crippen LogP contribution in [0.4, 0.5) is 11.5 Å². The number of nitrogens with zero attached hydrogens (tertiary/aromatic N) is 1. The van der Waals surface area contributed by atoms with E-state index in [0.29, 0.717) is 6.54 Å². The molecule has 1 aromatic heterocycles. The van der Waals surface area contributed by atoms with Gasteiger partial charge in [0, 0.05) is 17.9 Å². The first-order valence-electron chi connectivity index (χ1n) is 5.69. The molecule has 1 aromatic carbocycles. The highest BCUT2D eigenvalue weighted by atomic mass is 35.5. The molecule has 4 heteroatoms. The highest BCUT2D eigenvalue weighted by Crippen LogP contribution is 2.19. The van der Waals surface area contributed by atoms with Crippen molar-refractivity contribution in [3.63, 3.8) is 0 Å². The molecule has 0 unspecified atom stereocenters. The number of rotatable bonds is 3. The van der Waals surface area contributed by atoms with Gasteiger partial charge in [-0.2, -0.15) is 0 Å². The molecule has 0 spiro atoms. The molecule has 0 saturated heterocycles. The number of hydrogen-bond acceptors (Lipinski definition) is 3. The Balaban J connectivity index is 0.00000162. The Morgan fingerprint density at radius 1 is 1.17 bits per heavy atom. The van der Waals surface area contributed by atoms with Crippen molar-refractivity contribution in [1.82, 2.24) is 4.98 Å². The summed E-state index contributed by atoms with van der Waals surface area (Å²) in [4.78, 5) is 4.48. The lowest BCUT2D eigenvalue weighted by molar-refractivity contribution is 1.07. The summed E-state index contributed by atoms with van der Waals surface area (Å²) in [7, 11) is 0. The summed E-state index contributed by atoms with van der Waals surface area (Å²) >= 11 is 0. The number of nitrogens with two attached hydrogens (primary N) is 1. The minimum Gasteiger partial charge on any atom is -0.340 e. The number of aryl methyl sites for hydroxylation is 2. The number of nitrogens with one attached hydrogen (secondary N) is 1. The fourth-order valence-corrected chi connectivity index (χ4v) is 1.67. The Bertz CT molecular complexity index is 526. The average molecular weight is 264 g/mol. The third-order valence-corrected chi connectivity index (χ3v) is 2.66. The number of aromatic nitrogens is 1. The van der Waals surface area contributed by atoms with Crippen LogP contribution in [0.5, 0.6) is 0 Å². The molecule has 0 fully saturated rings. The Morgan fingerprint density at radius 2 is 1.94 bits per heavy atom. The van der Waals surface area contributed by atoms with E-state index in [9.17, 15) is 0 Å². The zero-order valence-corrected chi connectivity index (χ0v) is 11.4. The van der Waals surface area contributed by atoms with Crippen molar-refractivity contribution in [2.45, 2.75) is 20.4 Å². The maximum atomic E-state index is 5.62. The van der Waals surface area contributed by atoms with Crippen LogP contribution in [0, 0.1) is 13.8 Å². The van der Waals surface area contributed by atoms with Crippen molar-refractivity contribution in [2.75, 3.05) is 5.32 Å². The smallest absolute Gasteiger partial charge is 0.133 e. The summed E-state index contributed by atoms with van der Waals surface area (Å²) in [5.74, 6) is 0.902. The maximum absolute atomic E-state index is 5.62. The molecule has 0 atom stereocenters. The Hall–Kier alpha value is -1.58. The number of hydrogen-bond donors (Lipinski definition) is 2. The van der Waals surface area contributed by atoms with Crippen LogP contribution >= 0.6 is 12.4 Å². The van der Waals surface area contributed by atoms with Crippen molar-refractivity contribution in [2.24, 2.45) is 5.73 Å². The molecule has 2 rings (SSSR count). The lowest BCUT2D eigenvalue weighted by Crippen LogP contribution is -2.00. The fourth-order valence-electron chi connectivity index (χ4n) is 1.67. The molecule has 0 aliphatic heterocycles. The van der Waals surface area contributed by atoms with Gasteiger partial charge < -0.3 is 11.1 Å². The van der Waals surface area contributed by atoms with Crippen LogP contribution in [0.15, 0.2) is 36.4 Å². The number of anilines is 2. The average Bonchev–Trinajstić information content (AvgIpc) is 2.34. The molecule has 2 aromatic rings. The zero-order valence-electron chi connectivity index (χ0n) is 10.6. The van der Waals surface area contributed by atoms with E-state index >= 15 is 0 Å². The van der Waals surface area contributed by atoms with Crippen LogP contribution in [-0.4, -0.2) is 4.98 Å². The quantitative estimate of drug-likeness (QED) is 0.893. The van der Waals surface area contributed by atoms with Crippen LogP contribution in [0.1, 0.15) is 16.8 Å². The molecule has 3 nitrogen and oxygen atoms in total. The van der Waals surface area contributed by atoms with Crippen LogP contribution in [0.2, 0.25) is 0 Å². The van der Waals surface area contributed by atoms with Gasteiger partial charge in [0.15, 0.2) is 0 Å². The third kappa shape index (κ3) is 3.45. The van der Waals surface area contributed by atoms with Gasteiger partial charge in [-0.25, -0.2) is 4.98 Å². The molecule has 0 amide bonds. The van der Waals surface area contributed by atoms with E-state index in [2.05, 4.69) is 16.4 Å². The lowest BCUT2D eigenvalue weighted by Gasteiger charge is -2.10. The second-order valence-corrected chi connectivity index (χ2v) is 4.15. The first-order chi connectivity index (χ1) is 8.19. The van der Waals surface area contributed by atoms with E-state index in [0.717, 1.165) is 28.3 Å². The van der Waals surface area contributed by atoms with Gasteiger partial charge >= 0.3 is 0 Å². The minimum absolute atomic E-state index is 0. The Kier molecular flexibility index (Phi) is 5.13. The number of pyridine rings is 1. The molecule has 0 radical (unpaired) electrons. The van der Waals surface area contributed by atoms with Crippen molar-refractivity contribution < 1.29 is 0 Å². The zero-order chi connectivity index (χ0) is 12.3. The van der Waals surface area contributed by atoms with Crippen molar-refractivity contribution in [1.29, 1.82) is 0 Å². The molecule has 0 aliphatic carbocycles. The molecule has 1 heterocycles. The molecule has 3 N–H and O–H groups in total. The monoisotopic (exact) mass is 263 g/mol. The molecular formula is C14H18ClN3. The van der Waals surface area contributed by atoms with Gasteiger partial charge in [0.2, 0.25) is 0 Å². The summed E-state index contributed by atoms with van der Waals surface area (Å²) in [5.41, 5.74) is 9.90. The second-order valence-electron chi connectivity index (χ2n) is 4.15. The Morgan fingerprint density at radius 3 is 2.67 bits per heavy atom. The largest absolute Gasteiger partial charge is 0.340 e. The van der Waals surface area contributed by atoms with Gasteiger partial charge in [-0.15, -0.1) is 12.4 Å². The van der Waals surface area contributed by atoms with Crippen molar-refractivity contribution in [3.8, 4) is 0 Å². The normalized spacial score (nSPS) is 9.72. The molecule has 96 valence electrons. The molecule has 18 heavy (non-hydrogen) atoms. The third-order valence-electron chi connectivity index (χ3n) is 2.66. The number of benzene rings is 1. The first kappa shape index (κ1) is 14.5. The van der Waals surface area contributed by atoms with E-state index in [1.807, 2.05) is 44.2 Å². The van der Waals surface area contributed by atoms with Gasteiger partial charge in [-0.05, 0) is 43.2 Å². The molecule has 0 aliphatic rings. The summed E-state index contributed by atoms with van der Waals surface area (Å²) < 4.78 is 0. The molecule has 0 bridgehead atoms. The van der Waals surface area contributed by atoms with Crippen LogP contribution in [0.25, 0.3) is 0 Å². The van der Waals surface area contributed by atoms with Gasteiger partial charge in [-0.1, -0.05) is 18.2 Å². The Labute approximate surface area is 114 Å². The van der Waals surface area contributed by atoms with Crippen LogP contribution < -0.4 is 11.1 Å². The van der Waals surface area contributed by atoms with Crippen molar-refractivity contribution in [3.05, 3.63) is 53.2 Å². The second kappa shape index (κ2) is 6.38. The topological polar surface area (TPSA) is 50.9 Å². The van der Waals surface area contributed by atoms with Gasteiger partial charge in [0.25, 0.3) is 0 Å². The number of halogens is 1. The van der Waals surface area contributed by atoms with Gasteiger partial charge in [0.05, 0.1) is 0 Å². The first-order valence-corrected chi connectivity index (χ1v) is 5.69. The standard InChI is InChI=1S/C14H17N3.ClH/c1-10-6-7-11(2)16-14(10)17-13-5-3-4-12(8-13)9-15;/h3-8H,9,15H2,1-2H3,(H,16,17);1H. The highest BCUT2D eigenvalue weighted by molar-refractivity contribution is 5.85. The maximum Gasteiger partial charge on any atom is 0.133 e. The highest BCUT2D eigenvalue weighted by Gasteiger charge is 2.01. The van der Waals surface area contributed by atoms with E-state index in [-0.39, 0.29) is 12.4 Å². The molecule has 0 saturated carbocycles. The van der Waals surface area contributed by atoms with E-state index in [4.69, 9.17) is 5.73 Å². The SMILES string of the molecule is Cc1ccc(C)c(Nc2cccc(CN)c2)n1.Cl. The van der Waals surface area contributed by atoms with Gasteiger partial charge in [-0.3, -0.25) is 0 Å². The summed E-state index contributed by atoms with van der Waals surface area (Å²) in [5, 5.41) is 3.32.